The van der Waals surface area contributed by atoms with Gasteiger partial charge < -0.3 is 30.2 Å². The third-order valence-corrected chi connectivity index (χ3v) is 8.80. The van der Waals surface area contributed by atoms with Gasteiger partial charge in [0.25, 0.3) is 0 Å². The zero-order chi connectivity index (χ0) is 36.2. The third-order valence-electron chi connectivity index (χ3n) is 8.80. The summed E-state index contributed by atoms with van der Waals surface area (Å²) in [5.74, 6) is -6.20. The number of hydrogen-bond acceptors (Lipinski definition) is 6. The van der Waals surface area contributed by atoms with Crippen LogP contribution in [0.3, 0.4) is 0 Å². The molecule has 12 heteroatoms. The summed E-state index contributed by atoms with van der Waals surface area (Å²) in [6.45, 7) is 3.70. The number of rotatable bonds is 33. The minimum atomic E-state index is -1.47. The number of nitrogens with zero attached hydrogens (tertiary/aromatic N) is 2. The number of amides is 2. The van der Waals surface area contributed by atoms with Crippen molar-refractivity contribution in [1.29, 1.82) is 0 Å². The highest BCUT2D eigenvalue weighted by atomic mass is 16.4. The van der Waals surface area contributed by atoms with Crippen molar-refractivity contribution in [3.63, 3.8) is 0 Å². The van der Waals surface area contributed by atoms with E-state index in [4.69, 9.17) is 0 Å². The van der Waals surface area contributed by atoms with Crippen molar-refractivity contribution in [1.82, 2.24) is 9.80 Å². The normalized spacial score (nSPS) is 12.3. The molecule has 2 atom stereocenters. The van der Waals surface area contributed by atoms with Crippen molar-refractivity contribution in [2.75, 3.05) is 13.1 Å². The minimum absolute atomic E-state index is 0.0421. The molecule has 0 bridgehead atoms. The maximum Gasteiger partial charge on any atom is 0.326 e. The van der Waals surface area contributed by atoms with E-state index in [2.05, 4.69) is 13.8 Å². The van der Waals surface area contributed by atoms with Crippen molar-refractivity contribution >= 4 is 35.7 Å². The number of unbranched alkanes of at least 4 members (excludes halogenated alkanes) is 16. The fourth-order valence-electron chi connectivity index (χ4n) is 5.93. The molecule has 0 saturated heterocycles. The molecule has 0 fully saturated rings. The minimum Gasteiger partial charge on any atom is -0.481 e. The Morgan fingerprint density at radius 3 is 0.938 bits per heavy atom. The van der Waals surface area contributed by atoms with Crippen LogP contribution >= 0.6 is 0 Å². The Balaban J connectivity index is 5.64. The molecule has 0 spiro atoms. The van der Waals surface area contributed by atoms with Crippen LogP contribution in [0.1, 0.15) is 168 Å². The summed E-state index contributed by atoms with van der Waals surface area (Å²) in [6.07, 6.45) is 16.7. The molecule has 0 rings (SSSR count). The van der Waals surface area contributed by atoms with E-state index in [0.717, 1.165) is 61.2 Å². The Labute approximate surface area is 287 Å². The van der Waals surface area contributed by atoms with E-state index < -0.39 is 60.6 Å². The molecule has 0 heterocycles. The van der Waals surface area contributed by atoms with Gasteiger partial charge in [-0.05, 0) is 25.7 Å². The maximum atomic E-state index is 13.4. The molecule has 0 aromatic carbocycles. The fraction of sp³-hybridized carbons (Fsp3) is 0.833. The first-order valence-electron chi connectivity index (χ1n) is 18.4. The monoisotopic (exact) mass is 684 g/mol. The molecule has 0 aromatic heterocycles. The Kier molecular flexibility index (Phi) is 26.9. The number of carboxylic acid groups (broad SMARTS) is 4. The highest BCUT2D eigenvalue weighted by Crippen LogP contribution is 2.18. The zero-order valence-electron chi connectivity index (χ0n) is 29.7. The standard InChI is InChI=1S/C36H64N2O10/c1-3-5-7-9-11-13-15-17-19-21-31(39)37(29(35(45)46)23-25-33(41)42)27-28-38(30(36(47)48)24-26-34(43)44)32(40)22-20-18-16-14-12-10-8-6-4-2/h29-30H,3-28H2,1-2H3,(H,41,42)(H,43,44)(H,45,46)(H,47,48)/t29-,30-/m0/s1. The van der Waals surface area contributed by atoms with Gasteiger partial charge >= 0.3 is 23.9 Å². The maximum absolute atomic E-state index is 13.4. The molecule has 48 heavy (non-hydrogen) atoms. The van der Waals surface area contributed by atoms with Crippen LogP contribution in [0.4, 0.5) is 0 Å². The van der Waals surface area contributed by atoms with Crippen LogP contribution in [0.25, 0.3) is 0 Å². The number of aliphatic carboxylic acids is 4. The van der Waals surface area contributed by atoms with E-state index in [1.165, 1.54) is 51.4 Å². The van der Waals surface area contributed by atoms with E-state index in [1.54, 1.807) is 0 Å². The lowest BCUT2D eigenvalue weighted by molar-refractivity contribution is -0.155. The van der Waals surface area contributed by atoms with Crippen molar-refractivity contribution in [3.8, 4) is 0 Å². The average molecular weight is 685 g/mol. The molecule has 0 aliphatic rings. The van der Waals surface area contributed by atoms with Gasteiger partial charge in [-0.1, -0.05) is 117 Å². The summed E-state index contributed by atoms with van der Waals surface area (Å²) in [6, 6.07) is -2.94. The molecular weight excluding hydrogens is 620 g/mol. The van der Waals surface area contributed by atoms with Crippen LogP contribution in [0.2, 0.25) is 0 Å². The Hall–Kier alpha value is -3.18. The molecule has 0 aliphatic heterocycles. The number of carbonyl (C=O) groups excluding carboxylic acids is 2. The van der Waals surface area contributed by atoms with Gasteiger partial charge in [0.1, 0.15) is 12.1 Å². The molecule has 12 nitrogen and oxygen atoms in total. The van der Waals surface area contributed by atoms with Crippen LogP contribution in [0.15, 0.2) is 0 Å². The van der Waals surface area contributed by atoms with Crippen LogP contribution in [-0.4, -0.2) is 91.1 Å². The van der Waals surface area contributed by atoms with Crippen molar-refractivity contribution in [3.05, 3.63) is 0 Å². The SMILES string of the molecule is CCCCCCCCCCCC(=O)N(CCN(C(=O)CCCCCCCCCCC)[C@@H](CCC(=O)O)C(=O)O)[C@@H](CCC(=O)O)C(=O)O. The Morgan fingerprint density at radius 1 is 0.417 bits per heavy atom. The first-order valence-corrected chi connectivity index (χ1v) is 18.4. The Morgan fingerprint density at radius 2 is 0.688 bits per heavy atom. The Bertz CT molecular complexity index is 868. The summed E-state index contributed by atoms with van der Waals surface area (Å²) >= 11 is 0. The van der Waals surface area contributed by atoms with Gasteiger partial charge in [0.05, 0.1) is 0 Å². The lowest BCUT2D eigenvalue weighted by Crippen LogP contribution is -2.52. The molecule has 0 saturated carbocycles. The first kappa shape index (κ1) is 44.8. The van der Waals surface area contributed by atoms with Gasteiger partial charge in [-0.15, -0.1) is 0 Å². The number of carbonyl (C=O) groups is 6. The van der Waals surface area contributed by atoms with Crippen molar-refractivity contribution < 1.29 is 49.2 Å². The van der Waals surface area contributed by atoms with Gasteiger partial charge in [0.2, 0.25) is 11.8 Å². The predicted octanol–water partition coefficient (Wildman–Crippen LogP) is 7.12. The second kappa shape index (κ2) is 28.8. The van der Waals surface area contributed by atoms with E-state index in [9.17, 15) is 49.2 Å². The zero-order valence-corrected chi connectivity index (χ0v) is 29.7. The van der Waals surface area contributed by atoms with E-state index in [1.807, 2.05) is 0 Å². The quantitative estimate of drug-likeness (QED) is 0.0518. The van der Waals surface area contributed by atoms with Crippen LogP contribution in [0, 0.1) is 0 Å². The van der Waals surface area contributed by atoms with Gasteiger partial charge in [-0.25, -0.2) is 9.59 Å². The van der Waals surface area contributed by atoms with Gasteiger partial charge in [-0.2, -0.15) is 0 Å². The average Bonchev–Trinajstić information content (AvgIpc) is 3.02. The second-order valence-corrected chi connectivity index (χ2v) is 12.9. The summed E-state index contributed by atoms with van der Waals surface area (Å²) in [5, 5.41) is 38.4. The molecule has 278 valence electrons. The lowest BCUT2D eigenvalue weighted by Gasteiger charge is -2.34. The lowest BCUT2D eigenvalue weighted by atomic mass is 10.0. The highest BCUT2D eigenvalue weighted by Gasteiger charge is 2.34. The molecule has 0 unspecified atom stereocenters. The van der Waals surface area contributed by atoms with Crippen LogP contribution in [-0.2, 0) is 28.8 Å². The highest BCUT2D eigenvalue weighted by molar-refractivity contribution is 5.85. The molecule has 0 radical (unpaired) electrons. The number of hydrogen-bond donors (Lipinski definition) is 4. The smallest absolute Gasteiger partial charge is 0.326 e. The van der Waals surface area contributed by atoms with Crippen molar-refractivity contribution in [2.24, 2.45) is 0 Å². The van der Waals surface area contributed by atoms with Gasteiger partial charge in [0.15, 0.2) is 0 Å². The summed E-state index contributed by atoms with van der Waals surface area (Å²) in [4.78, 5) is 76.0. The second-order valence-electron chi connectivity index (χ2n) is 12.9. The first-order chi connectivity index (χ1) is 23.0. The van der Waals surface area contributed by atoms with Crippen LogP contribution < -0.4 is 0 Å². The largest absolute Gasteiger partial charge is 0.481 e. The van der Waals surface area contributed by atoms with E-state index >= 15 is 0 Å². The fourth-order valence-corrected chi connectivity index (χ4v) is 5.93. The predicted molar refractivity (Wildman–Crippen MR) is 184 cm³/mol. The number of carboxylic acids is 4. The third kappa shape index (κ3) is 22.4. The molecule has 0 aromatic rings. The van der Waals surface area contributed by atoms with Gasteiger partial charge in [-0.3, -0.25) is 19.2 Å². The van der Waals surface area contributed by atoms with Gasteiger partial charge in [0, 0.05) is 38.8 Å². The van der Waals surface area contributed by atoms with Crippen molar-refractivity contribution in [2.45, 2.75) is 180 Å². The summed E-state index contributed by atoms with van der Waals surface area (Å²) in [5.41, 5.74) is 0. The molecule has 0 aliphatic carbocycles. The molecular formula is C36H64N2O10. The molecule has 2 amide bonds. The van der Waals surface area contributed by atoms with E-state index in [0.29, 0.717) is 12.8 Å². The molecule has 4 N–H and O–H groups in total. The van der Waals surface area contributed by atoms with Crippen LogP contribution in [0.5, 0.6) is 0 Å². The summed E-state index contributed by atoms with van der Waals surface area (Å²) < 4.78 is 0. The topological polar surface area (TPSA) is 190 Å². The summed E-state index contributed by atoms with van der Waals surface area (Å²) in [7, 11) is 0. The van der Waals surface area contributed by atoms with E-state index in [-0.39, 0.29) is 38.8 Å².